The zero-order chi connectivity index (χ0) is 12.8. The lowest BCUT2D eigenvalue weighted by Gasteiger charge is -2.22. The second kappa shape index (κ2) is 6.84. The lowest BCUT2D eigenvalue weighted by Crippen LogP contribution is -2.42. The van der Waals surface area contributed by atoms with Gasteiger partial charge in [-0.05, 0) is 51.1 Å². The topological polar surface area (TPSA) is 67.4 Å². The van der Waals surface area contributed by atoms with Gasteiger partial charge in [0, 0.05) is 19.8 Å². The Morgan fingerprint density at radius 3 is 2.56 bits per heavy atom. The summed E-state index contributed by atoms with van der Waals surface area (Å²) in [6, 6.07) is 0. The van der Waals surface area contributed by atoms with Gasteiger partial charge in [0.05, 0.1) is 5.25 Å². The minimum atomic E-state index is -3.12. The zero-order valence-electron chi connectivity index (χ0n) is 10.9. The summed E-state index contributed by atoms with van der Waals surface area (Å²) in [6.07, 6.45) is 4.78. The Morgan fingerprint density at radius 1 is 1.17 bits per heavy atom. The molecule has 106 valence electrons. The molecular formula is C12H24N2O3S. The maximum atomic E-state index is 12.0. The van der Waals surface area contributed by atoms with E-state index in [0.29, 0.717) is 26.0 Å². The van der Waals surface area contributed by atoms with Crippen molar-refractivity contribution in [1.82, 2.24) is 10.0 Å². The molecule has 18 heavy (non-hydrogen) atoms. The molecule has 1 aliphatic carbocycles. The maximum Gasteiger partial charge on any atom is 0.214 e. The Morgan fingerprint density at radius 2 is 1.89 bits per heavy atom. The molecule has 1 heterocycles. The highest BCUT2D eigenvalue weighted by Crippen LogP contribution is 2.28. The summed E-state index contributed by atoms with van der Waals surface area (Å²) in [7, 11) is -3.12. The summed E-state index contributed by atoms with van der Waals surface area (Å²) < 4.78 is 32.1. The van der Waals surface area contributed by atoms with Crippen molar-refractivity contribution < 1.29 is 13.2 Å². The molecule has 0 radical (unpaired) electrons. The summed E-state index contributed by atoms with van der Waals surface area (Å²) in [4.78, 5) is 0. The van der Waals surface area contributed by atoms with Crippen molar-refractivity contribution in [1.29, 1.82) is 0 Å². The Bertz CT molecular complexity index is 335. The van der Waals surface area contributed by atoms with Gasteiger partial charge in [-0.1, -0.05) is 0 Å². The fraction of sp³-hybridized carbons (Fsp3) is 1.00. The molecule has 1 saturated carbocycles. The van der Waals surface area contributed by atoms with Crippen LogP contribution in [0.25, 0.3) is 0 Å². The van der Waals surface area contributed by atoms with Gasteiger partial charge in [-0.25, -0.2) is 13.1 Å². The number of ether oxygens (including phenoxy) is 1. The van der Waals surface area contributed by atoms with Crippen LogP contribution in [-0.2, 0) is 14.8 Å². The van der Waals surface area contributed by atoms with Crippen molar-refractivity contribution in [2.75, 3.05) is 32.8 Å². The first kappa shape index (κ1) is 14.2. The molecule has 1 saturated heterocycles. The smallest absolute Gasteiger partial charge is 0.214 e. The van der Waals surface area contributed by atoms with E-state index in [4.69, 9.17) is 4.74 Å². The Kier molecular flexibility index (Phi) is 5.41. The van der Waals surface area contributed by atoms with Crippen molar-refractivity contribution in [2.45, 2.75) is 37.4 Å². The van der Waals surface area contributed by atoms with Crippen molar-refractivity contribution in [3.8, 4) is 0 Å². The van der Waals surface area contributed by atoms with Gasteiger partial charge in [-0.3, -0.25) is 0 Å². The fourth-order valence-electron chi connectivity index (χ4n) is 2.15. The van der Waals surface area contributed by atoms with Crippen LogP contribution in [0.3, 0.4) is 0 Å². The monoisotopic (exact) mass is 276 g/mol. The molecule has 0 aromatic heterocycles. The highest BCUT2D eigenvalue weighted by atomic mass is 32.2. The Balaban J connectivity index is 1.55. The molecule has 2 rings (SSSR count). The van der Waals surface area contributed by atoms with Crippen molar-refractivity contribution in [3.63, 3.8) is 0 Å². The largest absolute Gasteiger partial charge is 0.381 e. The van der Waals surface area contributed by atoms with Crippen LogP contribution in [0.4, 0.5) is 0 Å². The van der Waals surface area contributed by atoms with E-state index < -0.39 is 10.0 Å². The van der Waals surface area contributed by atoms with Gasteiger partial charge in [0.2, 0.25) is 10.0 Å². The van der Waals surface area contributed by atoms with Crippen LogP contribution in [0.1, 0.15) is 32.1 Å². The van der Waals surface area contributed by atoms with Crippen molar-refractivity contribution in [2.24, 2.45) is 5.92 Å². The van der Waals surface area contributed by atoms with Gasteiger partial charge >= 0.3 is 0 Å². The van der Waals surface area contributed by atoms with Gasteiger partial charge in [0.1, 0.15) is 0 Å². The maximum absolute atomic E-state index is 12.0. The first-order valence-electron chi connectivity index (χ1n) is 6.95. The van der Waals surface area contributed by atoms with E-state index in [1.807, 2.05) is 0 Å². The molecule has 6 heteroatoms. The number of hydrogen-bond donors (Lipinski definition) is 2. The van der Waals surface area contributed by atoms with Gasteiger partial charge in [-0.15, -0.1) is 0 Å². The van der Waals surface area contributed by atoms with Gasteiger partial charge in [0.25, 0.3) is 0 Å². The van der Waals surface area contributed by atoms with Crippen LogP contribution < -0.4 is 10.0 Å². The van der Waals surface area contributed by atoms with Crippen molar-refractivity contribution >= 4 is 10.0 Å². The average Bonchev–Trinajstić information content (AvgIpc) is 3.19. The predicted octanol–water partition coefficient (Wildman–Crippen LogP) is 0.475. The molecular weight excluding hydrogens is 252 g/mol. The lowest BCUT2D eigenvalue weighted by atomic mass is 10.2. The van der Waals surface area contributed by atoms with E-state index in [0.717, 1.165) is 32.0 Å². The fourth-order valence-corrected chi connectivity index (χ4v) is 3.67. The molecule has 0 amide bonds. The van der Waals surface area contributed by atoms with Gasteiger partial charge < -0.3 is 10.1 Å². The Hall–Kier alpha value is -0.170. The number of sulfonamides is 1. The number of nitrogens with one attached hydrogen (secondary N) is 2. The van der Waals surface area contributed by atoms with Crippen LogP contribution >= 0.6 is 0 Å². The van der Waals surface area contributed by atoms with Gasteiger partial charge in [0.15, 0.2) is 0 Å². The van der Waals surface area contributed by atoms with E-state index in [1.165, 1.54) is 12.8 Å². The second-order valence-electron chi connectivity index (χ2n) is 5.26. The summed E-state index contributed by atoms with van der Waals surface area (Å²) in [5.74, 6) is 0.774. The second-order valence-corrected chi connectivity index (χ2v) is 7.31. The molecule has 5 nitrogen and oxygen atoms in total. The molecule has 0 spiro atoms. The van der Waals surface area contributed by atoms with Crippen LogP contribution in [-0.4, -0.2) is 46.5 Å². The summed E-state index contributed by atoms with van der Waals surface area (Å²) >= 11 is 0. The highest BCUT2D eigenvalue weighted by molar-refractivity contribution is 7.90. The highest BCUT2D eigenvalue weighted by Gasteiger charge is 2.26. The van der Waals surface area contributed by atoms with E-state index >= 15 is 0 Å². The third kappa shape index (κ3) is 4.84. The molecule has 1 aliphatic heterocycles. The summed E-state index contributed by atoms with van der Waals surface area (Å²) in [5, 5.41) is 2.96. The zero-order valence-corrected chi connectivity index (χ0v) is 11.7. The SMILES string of the molecule is O=S(=O)(NCCCOCC1CC1)C1CCNCC1. The van der Waals surface area contributed by atoms with Crippen molar-refractivity contribution in [3.05, 3.63) is 0 Å². The normalized spacial score (nSPS) is 22.2. The average molecular weight is 276 g/mol. The van der Waals surface area contributed by atoms with E-state index in [9.17, 15) is 8.42 Å². The minimum Gasteiger partial charge on any atom is -0.381 e. The predicted molar refractivity (Wildman–Crippen MR) is 71.0 cm³/mol. The minimum absolute atomic E-state index is 0.217. The van der Waals surface area contributed by atoms with E-state index in [1.54, 1.807) is 0 Å². The molecule has 0 unspecified atom stereocenters. The molecule has 2 fully saturated rings. The standard InChI is InChI=1S/C12H24N2O3S/c15-18(16,12-4-7-13-8-5-12)14-6-1-9-17-10-11-2-3-11/h11-14H,1-10H2. The first-order chi connectivity index (χ1) is 8.68. The molecule has 2 N–H and O–H groups in total. The Labute approximate surface area is 110 Å². The number of piperidine rings is 1. The van der Waals surface area contributed by atoms with Gasteiger partial charge in [-0.2, -0.15) is 0 Å². The summed E-state index contributed by atoms with van der Waals surface area (Å²) in [6.45, 7) is 3.61. The van der Waals surface area contributed by atoms with Crippen LogP contribution in [0, 0.1) is 5.92 Å². The van der Waals surface area contributed by atoms with Crippen LogP contribution in [0.15, 0.2) is 0 Å². The van der Waals surface area contributed by atoms with E-state index in [-0.39, 0.29) is 5.25 Å². The van der Waals surface area contributed by atoms with Crippen LogP contribution in [0.5, 0.6) is 0 Å². The third-order valence-electron chi connectivity index (χ3n) is 3.54. The first-order valence-corrected chi connectivity index (χ1v) is 8.50. The lowest BCUT2D eigenvalue weighted by molar-refractivity contribution is 0.123. The number of rotatable bonds is 8. The summed E-state index contributed by atoms with van der Waals surface area (Å²) in [5.41, 5.74) is 0. The molecule has 0 atom stereocenters. The molecule has 0 bridgehead atoms. The molecule has 0 aromatic carbocycles. The number of hydrogen-bond acceptors (Lipinski definition) is 4. The van der Waals surface area contributed by atoms with Crippen LogP contribution in [0.2, 0.25) is 0 Å². The molecule has 2 aliphatic rings. The quantitative estimate of drug-likeness (QED) is 0.633. The molecule has 0 aromatic rings. The van der Waals surface area contributed by atoms with E-state index in [2.05, 4.69) is 10.0 Å². The third-order valence-corrected chi connectivity index (χ3v) is 5.50.